The van der Waals surface area contributed by atoms with Gasteiger partial charge in [0, 0.05) is 12.1 Å². The summed E-state index contributed by atoms with van der Waals surface area (Å²) in [7, 11) is 0. The summed E-state index contributed by atoms with van der Waals surface area (Å²) in [4.78, 5) is 23.2. The van der Waals surface area contributed by atoms with Crippen molar-refractivity contribution in [2.75, 3.05) is 5.32 Å². The van der Waals surface area contributed by atoms with Gasteiger partial charge in [0.1, 0.15) is 0 Å². The van der Waals surface area contributed by atoms with Crippen LogP contribution in [0.25, 0.3) is 0 Å². The van der Waals surface area contributed by atoms with Gasteiger partial charge in [0.2, 0.25) is 5.91 Å². The zero-order valence-electron chi connectivity index (χ0n) is 14.3. The molecule has 1 aliphatic carbocycles. The lowest BCUT2D eigenvalue weighted by Crippen LogP contribution is -2.26. The van der Waals surface area contributed by atoms with Crippen molar-refractivity contribution in [1.82, 2.24) is 0 Å². The molecule has 0 spiro atoms. The van der Waals surface area contributed by atoms with Crippen molar-refractivity contribution in [1.29, 1.82) is 0 Å². The molecular weight excluding hydrogens is 314 g/mol. The number of hydrogen-bond donors (Lipinski definition) is 2. The maximum absolute atomic E-state index is 12.2. The van der Waals surface area contributed by atoms with Crippen LogP contribution < -0.4 is 5.32 Å². The third-order valence-electron chi connectivity index (χ3n) is 5.05. The maximum Gasteiger partial charge on any atom is 0.310 e. The van der Waals surface area contributed by atoms with Crippen LogP contribution in [0.3, 0.4) is 0 Å². The summed E-state index contributed by atoms with van der Waals surface area (Å²) < 4.78 is 0. The van der Waals surface area contributed by atoms with Crippen molar-refractivity contribution in [2.45, 2.75) is 38.0 Å². The lowest BCUT2D eigenvalue weighted by Gasteiger charge is -2.35. The summed E-state index contributed by atoms with van der Waals surface area (Å²) in [6.07, 6.45) is 2.66. The smallest absolute Gasteiger partial charge is 0.310 e. The number of rotatable bonds is 6. The highest BCUT2D eigenvalue weighted by molar-refractivity contribution is 5.91. The fraction of sp³-hybridized carbons (Fsp3) is 0.333. The molecule has 4 heteroatoms. The summed E-state index contributed by atoms with van der Waals surface area (Å²) in [6, 6.07) is 17.5. The lowest BCUT2D eigenvalue weighted by molar-refractivity contribution is -0.138. The molecule has 4 nitrogen and oxygen atoms in total. The first-order valence-electron chi connectivity index (χ1n) is 8.70. The van der Waals surface area contributed by atoms with E-state index < -0.39 is 11.9 Å². The number of carbonyl (C=O) groups excluding carboxylic acids is 1. The maximum atomic E-state index is 12.2. The average molecular weight is 337 g/mol. The standard InChI is InChI=1S/C21H23NO3/c1-14(21(24)25)16-7-9-19(10-8-16)22-20(23)13-15-11-18(12-15)17-5-3-2-4-6-17/h2-10,14-15,18H,11-13H2,1H3,(H,22,23)(H,24,25). The molecule has 1 aliphatic rings. The van der Waals surface area contributed by atoms with E-state index in [4.69, 9.17) is 5.11 Å². The first kappa shape index (κ1) is 17.2. The molecule has 130 valence electrons. The molecule has 25 heavy (non-hydrogen) atoms. The van der Waals surface area contributed by atoms with E-state index in [1.165, 1.54) is 5.56 Å². The van der Waals surface area contributed by atoms with Gasteiger partial charge in [0.15, 0.2) is 0 Å². The minimum absolute atomic E-state index is 0.0237. The Balaban J connectivity index is 1.46. The second-order valence-electron chi connectivity index (χ2n) is 6.88. The van der Waals surface area contributed by atoms with Gasteiger partial charge in [0.05, 0.1) is 5.92 Å². The van der Waals surface area contributed by atoms with Crippen LogP contribution in [0.2, 0.25) is 0 Å². The number of carboxylic acid groups (broad SMARTS) is 1. The van der Waals surface area contributed by atoms with Gasteiger partial charge in [-0.15, -0.1) is 0 Å². The zero-order valence-corrected chi connectivity index (χ0v) is 14.3. The van der Waals surface area contributed by atoms with Crippen LogP contribution in [-0.4, -0.2) is 17.0 Å². The van der Waals surface area contributed by atoms with Gasteiger partial charge in [-0.05, 0) is 54.9 Å². The van der Waals surface area contributed by atoms with Crippen molar-refractivity contribution in [3.05, 3.63) is 65.7 Å². The minimum Gasteiger partial charge on any atom is -0.481 e. The molecule has 0 aliphatic heterocycles. The van der Waals surface area contributed by atoms with Crippen molar-refractivity contribution < 1.29 is 14.7 Å². The average Bonchev–Trinajstić information content (AvgIpc) is 2.58. The highest BCUT2D eigenvalue weighted by Crippen LogP contribution is 2.43. The molecule has 0 heterocycles. The van der Waals surface area contributed by atoms with Crippen LogP contribution in [0.4, 0.5) is 5.69 Å². The fourth-order valence-corrected chi connectivity index (χ4v) is 3.37. The largest absolute Gasteiger partial charge is 0.481 e. The van der Waals surface area contributed by atoms with Crippen LogP contribution in [0.5, 0.6) is 0 Å². The topological polar surface area (TPSA) is 66.4 Å². The molecule has 0 radical (unpaired) electrons. The number of amides is 1. The van der Waals surface area contributed by atoms with E-state index in [1.807, 2.05) is 6.07 Å². The van der Waals surface area contributed by atoms with E-state index in [1.54, 1.807) is 31.2 Å². The Kier molecular flexibility index (Phi) is 5.17. The number of anilines is 1. The molecule has 2 aromatic rings. The first-order valence-corrected chi connectivity index (χ1v) is 8.70. The normalized spacial score (nSPS) is 20.4. The number of hydrogen-bond acceptors (Lipinski definition) is 2. The Morgan fingerprint density at radius 3 is 2.32 bits per heavy atom. The number of benzene rings is 2. The van der Waals surface area contributed by atoms with Crippen molar-refractivity contribution in [2.24, 2.45) is 5.92 Å². The van der Waals surface area contributed by atoms with E-state index in [2.05, 4.69) is 29.6 Å². The van der Waals surface area contributed by atoms with E-state index in [9.17, 15) is 9.59 Å². The second-order valence-corrected chi connectivity index (χ2v) is 6.88. The minimum atomic E-state index is -0.852. The van der Waals surface area contributed by atoms with Crippen molar-refractivity contribution >= 4 is 17.6 Å². The highest BCUT2D eigenvalue weighted by Gasteiger charge is 2.31. The Labute approximate surface area is 147 Å². The van der Waals surface area contributed by atoms with E-state index in [0.717, 1.165) is 18.4 Å². The van der Waals surface area contributed by atoms with Gasteiger partial charge >= 0.3 is 5.97 Å². The quantitative estimate of drug-likeness (QED) is 0.821. The Bertz CT molecular complexity index is 733. The number of aliphatic carboxylic acids is 1. The summed E-state index contributed by atoms with van der Waals surface area (Å²) >= 11 is 0. The van der Waals surface area contributed by atoms with Gasteiger partial charge in [-0.1, -0.05) is 42.5 Å². The molecule has 1 amide bonds. The second kappa shape index (κ2) is 7.51. The number of carboxylic acids is 1. The Hall–Kier alpha value is -2.62. The Morgan fingerprint density at radius 1 is 1.08 bits per heavy atom. The van der Waals surface area contributed by atoms with E-state index in [-0.39, 0.29) is 5.91 Å². The third kappa shape index (κ3) is 4.27. The summed E-state index contributed by atoms with van der Waals surface area (Å²) in [6.45, 7) is 1.65. The molecule has 3 rings (SSSR count). The summed E-state index contributed by atoms with van der Waals surface area (Å²) in [5.41, 5.74) is 2.81. The van der Waals surface area contributed by atoms with Gasteiger partial charge in [-0.2, -0.15) is 0 Å². The summed E-state index contributed by atoms with van der Waals surface area (Å²) in [5.74, 6) is -0.354. The van der Waals surface area contributed by atoms with Crippen LogP contribution in [0, 0.1) is 5.92 Å². The third-order valence-corrected chi connectivity index (χ3v) is 5.05. The predicted molar refractivity (Wildman–Crippen MR) is 97.6 cm³/mol. The lowest BCUT2D eigenvalue weighted by atomic mass is 9.70. The van der Waals surface area contributed by atoms with Crippen LogP contribution >= 0.6 is 0 Å². The molecule has 0 bridgehead atoms. The van der Waals surface area contributed by atoms with Gasteiger partial charge in [-0.25, -0.2) is 0 Å². The molecule has 0 saturated heterocycles. The number of nitrogens with one attached hydrogen (secondary N) is 1. The molecule has 1 fully saturated rings. The van der Waals surface area contributed by atoms with Crippen LogP contribution in [0.1, 0.15) is 49.1 Å². The highest BCUT2D eigenvalue weighted by atomic mass is 16.4. The van der Waals surface area contributed by atoms with Gasteiger partial charge in [-0.3, -0.25) is 9.59 Å². The van der Waals surface area contributed by atoms with Crippen LogP contribution in [-0.2, 0) is 9.59 Å². The number of carbonyl (C=O) groups is 2. The molecule has 1 atom stereocenters. The van der Waals surface area contributed by atoms with Crippen molar-refractivity contribution in [3.8, 4) is 0 Å². The fourth-order valence-electron chi connectivity index (χ4n) is 3.37. The molecule has 0 aromatic heterocycles. The van der Waals surface area contributed by atoms with Gasteiger partial charge < -0.3 is 10.4 Å². The molecule has 1 saturated carbocycles. The van der Waals surface area contributed by atoms with Crippen molar-refractivity contribution in [3.63, 3.8) is 0 Å². The van der Waals surface area contributed by atoms with Gasteiger partial charge in [0.25, 0.3) is 0 Å². The molecule has 2 aromatic carbocycles. The Morgan fingerprint density at radius 2 is 1.72 bits per heavy atom. The first-order chi connectivity index (χ1) is 12.0. The zero-order chi connectivity index (χ0) is 17.8. The SMILES string of the molecule is CC(C(=O)O)c1ccc(NC(=O)CC2CC(c3ccccc3)C2)cc1. The van der Waals surface area contributed by atoms with E-state index >= 15 is 0 Å². The monoisotopic (exact) mass is 337 g/mol. The molecular formula is C21H23NO3. The molecule has 2 N–H and O–H groups in total. The summed E-state index contributed by atoms with van der Waals surface area (Å²) in [5, 5.41) is 11.9. The van der Waals surface area contributed by atoms with Crippen LogP contribution in [0.15, 0.2) is 54.6 Å². The molecule has 1 unspecified atom stereocenters. The predicted octanol–water partition coefficient (Wildman–Crippen LogP) is 4.40. The van der Waals surface area contributed by atoms with E-state index in [0.29, 0.717) is 23.9 Å².